The molecule has 66 heavy (non-hydrogen) atoms. The second kappa shape index (κ2) is 42.9. The number of rotatable bonds is 45. The minimum absolute atomic E-state index is 0.155. The van der Waals surface area contributed by atoms with Gasteiger partial charge in [0.2, 0.25) is 0 Å². The Labute approximate surface area is 401 Å². The van der Waals surface area contributed by atoms with Crippen molar-refractivity contribution in [2.75, 3.05) is 19.0 Å². The molecule has 6 atom stereocenters. The van der Waals surface area contributed by atoms with E-state index >= 15 is 0 Å². The maximum Gasteiger partial charge on any atom is 0.306 e. The summed E-state index contributed by atoms with van der Waals surface area (Å²) in [4.78, 5) is 25.5. The topological polar surface area (TPSA) is 186 Å². The largest absolute Gasteiger partial charge is 0.462 e. The Hall–Kier alpha value is -2.13. The summed E-state index contributed by atoms with van der Waals surface area (Å²) in [6.45, 7) is 3.73. The van der Waals surface area contributed by atoms with E-state index in [9.17, 15) is 37.9 Å². The number of carbonyl (C=O) groups is 2. The first kappa shape index (κ1) is 61.9. The van der Waals surface area contributed by atoms with Crippen LogP contribution in [0.4, 0.5) is 0 Å². The van der Waals surface area contributed by atoms with Gasteiger partial charge in [-0.15, -0.1) is 0 Å². The molecule has 1 heterocycles. The number of esters is 2. The predicted molar refractivity (Wildman–Crippen MR) is 266 cm³/mol. The van der Waals surface area contributed by atoms with E-state index in [0.29, 0.717) is 19.3 Å². The van der Waals surface area contributed by atoms with Crippen molar-refractivity contribution >= 4 is 22.1 Å². The van der Waals surface area contributed by atoms with Crippen molar-refractivity contribution in [3.05, 3.63) is 36.5 Å². The molecule has 0 aromatic heterocycles. The van der Waals surface area contributed by atoms with Gasteiger partial charge in [0.05, 0.1) is 6.61 Å². The summed E-state index contributed by atoms with van der Waals surface area (Å²) in [5.41, 5.74) is 0. The summed E-state index contributed by atoms with van der Waals surface area (Å²) < 4.78 is 54.2. The van der Waals surface area contributed by atoms with Crippen LogP contribution in [-0.2, 0) is 38.7 Å². The van der Waals surface area contributed by atoms with E-state index in [2.05, 4.69) is 50.3 Å². The lowest BCUT2D eigenvalue weighted by atomic mass is 10.00. The van der Waals surface area contributed by atoms with Crippen LogP contribution in [-0.4, -0.2) is 96.0 Å². The van der Waals surface area contributed by atoms with Gasteiger partial charge < -0.3 is 34.3 Å². The first-order valence-corrected chi connectivity index (χ1v) is 28.2. The molecule has 386 valence electrons. The van der Waals surface area contributed by atoms with E-state index in [1.807, 2.05) is 0 Å². The Kier molecular flexibility index (Phi) is 40.3. The molecule has 4 N–H and O–H groups in total. The van der Waals surface area contributed by atoms with Crippen molar-refractivity contribution in [1.82, 2.24) is 0 Å². The van der Waals surface area contributed by atoms with Crippen molar-refractivity contribution in [2.24, 2.45) is 0 Å². The minimum Gasteiger partial charge on any atom is -0.462 e. The van der Waals surface area contributed by atoms with Gasteiger partial charge in [-0.1, -0.05) is 192 Å². The molecule has 0 aliphatic carbocycles. The van der Waals surface area contributed by atoms with Gasteiger partial charge in [0.15, 0.2) is 12.4 Å². The lowest BCUT2D eigenvalue weighted by Gasteiger charge is -2.40. The van der Waals surface area contributed by atoms with E-state index in [-0.39, 0.29) is 19.4 Å². The van der Waals surface area contributed by atoms with Crippen LogP contribution in [0.25, 0.3) is 0 Å². The summed E-state index contributed by atoms with van der Waals surface area (Å²) in [5, 5.41) is 31.0. The van der Waals surface area contributed by atoms with Gasteiger partial charge in [-0.05, 0) is 64.2 Å². The number of carbonyl (C=O) groups excluding carboxylic acids is 2. The van der Waals surface area contributed by atoms with Gasteiger partial charge in [0.1, 0.15) is 36.8 Å². The van der Waals surface area contributed by atoms with Gasteiger partial charge in [0, 0.05) is 12.8 Å². The Morgan fingerprint density at radius 1 is 0.500 bits per heavy atom. The molecule has 1 fully saturated rings. The second-order valence-electron chi connectivity index (χ2n) is 18.5. The summed E-state index contributed by atoms with van der Waals surface area (Å²) in [6.07, 6.45) is 42.0. The summed E-state index contributed by atoms with van der Waals surface area (Å²) in [6, 6.07) is 0. The van der Waals surface area contributed by atoms with Crippen LogP contribution in [0.2, 0.25) is 0 Å². The molecule has 12 nitrogen and oxygen atoms in total. The zero-order valence-corrected chi connectivity index (χ0v) is 42.4. The summed E-state index contributed by atoms with van der Waals surface area (Å²) in [7, 11) is -4.61. The third-order valence-electron chi connectivity index (χ3n) is 12.2. The molecule has 2 unspecified atom stereocenters. The number of aliphatic hydroxyl groups excluding tert-OH is 3. The smallest absolute Gasteiger partial charge is 0.306 e. The molecule has 13 heteroatoms. The Morgan fingerprint density at radius 2 is 0.909 bits per heavy atom. The van der Waals surface area contributed by atoms with E-state index in [1.165, 1.54) is 141 Å². The molecule has 1 aliphatic heterocycles. The first-order chi connectivity index (χ1) is 32.0. The third-order valence-corrected chi connectivity index (χ3v) is 12.9. The first-order valence-electron chi connectivity index (χ1n) is 26.5. The van der Waals surface area contributed by atoms with Crippen molar-refractivity contribution in [2.45, 2.75) is 269 Å². The number of aliphatic hydroxyl groups is 3. The number of ether oxygens (including phenoxy) is 4. The zero-order valence-electron chi connectivity index (χ0n) is 41.6. The normalized spacial score (nSPS) is 19.6. The number of hydrogen-bond donors (Lipinski definition) is 4. The van der Waals surface area contributed by atoms with Crippen molar-refractivity contribution in [3.63, 3.8) is 0 Å². The van der Waals surface area contributed by atoms with Gasteiger partial charge >= 0.3 is 11.9 Å². The van der Waals surface area contributed by atoms with Crippen molar-refractivity contribution < 1.29 is 56.8 Å². The molecule has 0 radical (unpaired) electrons. The monoisotopic (exact) mass is 957 g/mol. The van der Waals surface area contributed by atoms with Crippen molar-refractivity contribution in [1.29, 1.82) is 0 Å². The van der Waals surface area contributed by atoms with E-state index in [1.54, 1.807) is 0 Å². The standard InChI is InChI=1S/C53H96O12S/c1-3-5-7-9-11-13-15-17-19-20-21-22-23-24-25-26-28-29-31-33-35-37-39-41-48(54)62-43-46(44-63-53-52(58)51(57)50(56)47(65-53)45-66(59,60)61)64-49(55)42-40-38-36-34-32-30-27-18-16-14-12-10-8-6-4-2/h10,12,26,28,33,35,46-47,50-53,56-58H,3-9,11,13-25,27,29-32,34,36-45H2,1-2H3,(H,59,60,61)/b12-10+,28-26+,35-33+/t46-,47-,50-,51?,52?,53+/m1/s1. The Morgan fingerprint density at radius 3 is 1.39 bits per heavy atom. The van der Waals surface area contributed by atoms with Crippen LogP contribution in [0.5, 0.6) is 0 Å². The predicted octanol–water partition coefficient (Wildman–Crippen LogP) is 12.1. The molecule has 1 rings (SSSR count). The fourth-order valence-corrected chi connectivity index (χ4v) is 8.72. The summed E-state index contributed by atoms with van der Waals surface area (Å²) in [5.74, 6) is -2.03. The van der Waals surface area contributed by atoms with Gasteiger partial charge in [-0.2, -0.15) is 8.42 Å². The zero-order chi connectivity index (χ0) is 48.4. The maximum absolute atomic E-state index is 12.9. The average Bonchev–Trinajstić information content (AvgIpc) is 3.28. The lowest BCUT2D eigenvalue weighted by Crippen LogP contribution is -2.60. The fourth-order valence-electron chi connectivity index (χ4n) is 8.03. The molecule has 0 bridgehead atoms. The van der Waals surface area contributed by atoms with Gasteiger partial charge in [-0.25, -0.2) is 0 Å². The molecule has 1 saturated heterocycles. The molecule has 0 aromatic rings. The quantitative estimate of drug-likeness (QED) is 0.0196. The highest BCUT2D eigenvalue weighted by Crippen LogP contribution is 2.24. The lowest BCUT2D eigenvalue weighted by molar-refractivity contribution is -0.297. The van der Waals surface area contributed by atoms with Crippen LogP contribution in [0, 0.1) is 0 Å². The van der Waals surface area contributed by atoms with E-state index < -0.39 is 71.2 Å². The highest BCUT2D eigenvalue weighted by Gasteiger charge is 2.46. The molecular weight excluding hydrogens is 861 g/mol. The van der Waals surface area contributed by atoms with Crippen molar-refractivity contribution in [3.8, 4) is 0 Å². The van der Waals surface area contributed by atoms with Crippen LogP contribution in [0.3, 0.4) is 0 Å². The van der Waals surface area contributed by atoms with E-state index in [0.717, 1.165) is 44.9 Å². The maximum atomic E-state index is 12.9. The van der Waals surface area contributed by atoms with Gasteiger partial charge in [-0.3, -0.25) is 14.1 Å². The third kappa shape index (κ3) is 36.9. The van der Waals surface area contributed by atoms with E-state index in [4.69, 9.17) is 18.9 Å². The number of hydrogen-bond acceptors (Lipinski definition) is 11. The number of unbranched alkanes of at least 4 members (excludes halogenated alkanes) is 27. The average molecular weight is 957 g/mol. The SMILES string of the molecule is CCCC/C=C/CCCCCCCCCCCC(=O)O[C@H](COC(=O)CCC/C=C/CC/C=C/CCCCCCCCCCCCCCCC)CO[C@H]1O[C@H](CS(=O)(=O)O)[C@@H](O)C(O)C1O. The Bertz CT molecular complexity index is 1350. The molecule has 0 spiro atoms. The summed E-state index contributed by atoms with van der Waals surface area (Å²) >= 11 is 0. The van der Waals surface area contributed by atoms with Crippen LogP contribution in [0.15, 0.2) is 36.5 Å². The molecular formula is C53H96O12S. The molecule has 0 amide bonds. The highest BCUT2D eigenvalue weighted by molar-refractivity contribution is 7.85. The van der Waals surface area contributed by atoms with Crippen LogP contribution in [0.1, 0.15) is 232 Å². The van der Waals surface area contributed by atoms with Crippen LogP contribution < -0.4 is 0 Å². The van der Waals surface area contributed by atoms with Crippen LogP contribution >= 0.6 is 0 Å². The second-order valence-corrected chi connectivity index (χ2v) is 20.0. The Balaban J connectivity index is 2.36. The molecule has 0 aromatic carbocycles. The molecule has 0 saturated carbocycles. The minimum atomic E-state index is -4.61. The highest BCUT2D eigenvalue weighted by atomic mass is 32.2. The van der Waals surface area contributed by atoms with Gasteiger partial charge in [0.25, 0.3) is 10.1 Å². The fraction of sp³-hybridized carbons (Fsp3) is 0.849. The number of allylic oxidation sites excluding steroid dienone is 6. The molecule has 1 aliphatic rings.